The maximum Gasteiger partial charge on any atom is 0.110 e. The normalized spacial score (nSPS) is 12.7. The minimum atomic E-state index is 0.143. The lowest BCUT2D eigenvalue weighted by Crippen LogP contribution is -2.21. The van der Waals surface area contributed by atoms with E-state index in [-0.39, 0.29) is 6.04 Å². The molecule has 0 saturated heterocycles. The molecule has 0 saturated carbocycles. The highest BCUT2D eigenvalue weighted by atomic mass is 15.1. The van der Waals surface area contributed by atoms with Crippen molar-refractivity contribution in [2.24, 2.45) is 5.73 Å². The van der Waals surface area contributed by atoms with E-state index >= 15 is 0 Å². The summed E-state index contributed by atoms with van der Waals surface area (Å²) in [6, 6.07) is 6.56. The molecule has 0 spiro atoms. The first-order chi connectivity index (χ1) is 8.58. The average Bonchev–Trinajstić information content (AvgIpc) is 2.70. The van der Waals surface area contributed by atoms with Crippen molar-refractivity contribution in [1.82, 2.24) is 9.55 Å². The predicted octanol–water partition coefficient (Wildman–Crippen LogP) is 2.44. The first-order valence-electron chi connectivity index (χ1n) is 6.38. The van der Waals surface area contributed by atoms with Gasteiger partial charge in [-0.1, -0.05) is 18.2 Å². The summed E-state index contributed by atoms with van der Waals surface area (Å²) in [4.78, 5) is 4.39. The Balaban J connectivity index is 2.26. The molecule has 1 aromatic heterocycles. The number of benzene rings is 1. The van der Waals surface area contributed by atoms with Gasteiger partial charge in [0.25, 0.3) is 0 Å². The van der Waals surface area contributed by atoms with E-state index in [4.69, 9.17) is 5.73 Å². The first-order valence-corrected chi connectivity index (χ1v) is 6.38. The molecule has 2 aromatic rings. The van der Waals surface area contributed by atoms with E-state index in [2.05, 4.69) is 41.6 Å². The highest BCUT2D eigenvalue weighted by molar-refractivity contribution is 5.33. The number of nitrogens with zero attached hydrogens (tertiary/aromatic N) is 2. The van der Waals surface area contributed by atoms with Crippen LogP contribution in [0.2, 0.25) is 0 Å². The number of rotatable bonds is 4. The van der Waals surface area contributed by atoms with E-state index < -0.39 is 0 Å². The molecule has 0 aliphatic carbocycles. The van der Waals surface area contributed by atoms with E-state index in [0.29, 0.717) is 0 Å². The Hall–Kier alpha value is -1.61. The Morgan fingerprint density at radius 1 is 1.28 bits per heavy atom. The largest absolute Gasteiger partial charge is 0.330 e. The summed E-state index contributed by atoms with van der Waals surface area (Å²) in [5, 5.41) is 0. The number of hydrogen-bond donors (Lipinski definition) is 1. The van der Waals surface area contributed by atoms with Crippen LogP contribution in [0.5, 0.6) is 0 Å². The Morgan fingerprint density at radius 2 is 1.94 bits per heavy atom. The van der Waals surface area contributed by atoms with Gasteiger partial charge in [0.05, 0.1) is 0 Å². The molecule has 3 nitrogen and oxygen atoms in total. The molecule has 0 aliphatic rings. The van der Waals surface area contributed by atoms with Crippen molar-refractivity contribution in [3.8, 4) is 0 Å². The molecule has 2 N–H and O–H groups in total. The van der Waals surface area contributed by atoms with Crippen LogP contribution in [0.1, 0.15) is 29.4 Å². The standard InChI is InChI=1S/C15H21N3/c1-11-5-4-6-12(2)14(11)10-18-8-7-17-15(18)9-13(3)16/h4-8,13H,9-10,16H2,1-3H3. The van der Waals surface area contributed by atoms with Crippen molar-refractivity contribution >= 4 is 0 Å². The maximum atomic E-state index is 5.85. The van der Waals surface area contributed by atoms with Gasteiger partial charge in [-0.05, 0) is 37.5 Å². The van der Waals surface area contributed by atoms with Crippen LogP contribution in [-0.2, 0) is 13.0 Å². The molecule has 96 valence electrons. The Labute approximate surface area is 109 Å². The van der Waals surface area contributed by atoms with Crippen molar-refractivity contribution in [3.05, 3.63) is 53.1 Å². The van der Waals surface area contributed by atoms with Crippen LogP contribution in [0, 0.1) is 13.8 Å². The summed E-state index contributed by atoms with van der Waals surface area (Å²) in [5.74, 6) is 1.06. The smallest absolute Gasteiger partial charge is 0.110 e. The third-order valence-electron chi connectivity index (χ3n) is 3.28. The van der Waals surface area contributed by atoms with Crippen molar-refractivity contribution in [2.75, 3.05) is 0 Å². The van der Waals surface area contributed by atoms with Gasteiger partial charge < -0.3 is 10.3 Å². The van der Waals surface area contributed by atoms with Crippen molar-refractivity contribution in [2.45, 2.75) is 39.8 Å². The second-order valence-electron chi connectivity index (χ2n) is 5.02. The predicted molar refractivity (Wildman–Crippen MR) is 74.6 cm³/mol. The van der Waals surface area contributed by atoms with E-state index in [0.717, 1.165) is 18.8 Å². The number of aryl methyl sites for hydroxylation is 2. The lowest BCUT2D eigenvalue weighted by Gasteiger charge is -2.13. The summed E-state index contributed by atoms with van der Waals surface area (Å²) in [6.45, 7) is 7.20. The van der Waals surface area contributed by atoms with E-state index in [1.54, 1.807) is 0 Å². The number of hydrogen-bond acceptors (Lipinski definition) is 2. The summed E-state index contributed by atoms with van der Waals surface area (Å²) in [7, 11) is 0. The molecule has 0 amide bonds. The lowest BCUT2D eigenvalue weighted by atomic mass is 10.0. The number of imidazole rings is 1. The molecule has 0 bridgehead atoms. The summed E-state index contributed by atoms with van der Waals surface area (Å²) in [6.07, 6.45) is 4.70. The minimum Gasteiger partial charge on any atom is -0.330 e. The quantitative estimate of drug-likeness (QED) is 0.896. The molecule has 0 aliphatic heterocycles. The monoisotopic (exact) mass is 243 g/mol. The molecule has 1 unspecified atom stereocenters. The van der Waals surface area contributed by atoms with Crippen LogP contribution in [0.3, 0.4) is 0 Å². The zero-order chi connectivity index (χ0) is 13.1. The van der Waals surface area contributed by atoms with Gasteiger partial charge in [-0.3, -0.25) is 0 Å². The van der Waals surface area contributed by atoms with E-state index in [9.17, 15) is 0 Å². The van der Waals surface area contributed by atoms with Gasteiger partial charge in [0.2, 0.25) is 0 Å². The molecule has 1 atom stereocenters. The van der Waals surface area contributed by atoms with Gasteiger partial charge in [0.15, 0.2) is 0 Å². The number of aromatic nitrogens is 2. The molecular weight excluding hydrogens is 222 g/mol. The SMILES string of the molecule is Cc1cccc(C)c1Cn1ccnc1CC(C)N. The second kappa shape index (κ2) is 5.36. The molecule has 1 heterocycles. The molecule has 18 heavy (non-hydrogen) atoms. The fourth-order valence-electron chi connectivity index (χ4n) is 2.23. The van der Waals surface area contributed by atoms with E-state index in [1.165, 1.54) is 16.7 Å². The van der Waals surface area contributed by atoms with Crippen LogP contribution in [0.4, 0.5) is 0 Å². The van der Waals surface area contributed by atoms with Crippen molar-refractivity contribution in [1.29, 1.82) is 0 Å². The Kier molecular flexibility index (Phi) is 3.82. The average molecular weight is 243 g/mol. The van der Waals surface area contributed by atoms with Gasteiger partial charge >= 0.3 is 0 Å². The van der Waals surface area contributed by atoms with Gasteiger partial charge in [-0.15, -0.1) is 0 Å². The van der Waals surface area contributed by atoms with Crippen LogP contribution >= 0.6 is 0 Å². The van der Waals surface area contributed by atoms with Crippen molar-refractivity contribution < 1.29 is 0 Å². The molecule has 2 rings (SSSR count). The molecule has 1 aromatic carbocycles. The van der Waals surface area contributed by atoms with Gasteiger partial charge in [-0.25, -0.2) is 4.98 Å². The third kappa shape index (κ3) is 2.79. The Morgan fingerprint density at radius 3 is 2.56 bits per heavy atom. The van der Waals surface area contributed by atoms with Crippen LogP contribution in [-0.4, -0.2) is 15.6 Å². The minimum absolute atomic E-state index is 0.143. The summed E-state index contributed by atoms with van der Waals surface area (Å²) in [5.41, 5.74) is 9.89. The first kappa shape index (κ1) is 12.8. The second-order valence-corrected chi connectivity index (χ2v) is 5.02. The summed E-state index contributed by atoms with van der Waals surface area (Å²) >= 11 is 0. The van der Waals surface area contributed by atoms with E-state index in [1.807, 2.05) is 19.3 Å². The number of nitrogens with two attached hydrogens (primary N) is 1. The maximum absolute atomic E-state index is 5.85. The van der Waals surface area contributed by atoms with Crippen LogP contribution < -0.4 is 5.73 Å². The fraction of sp³-hybridized carbons (Fsp3) is 0.400. The van der Waals surface area contributed by atoms with Crippen LogP contribution in [0.25, 0.3) is 0 Å². The third-order valence-corrected chi connectivity index (χ3v) is 3.28. The van der Waals surface area contributed by atoms with Crippen LogP contribution in [0.15, 0.2) is 30.6 Å². The topological polar surface area (TPSA) is 43.8 Å². The molecule has 0 fully saturated rings. The zero-order valence-corrected chi connectivity index (χ0v) is 11.4. The van der Waals surface area contributed by atoms with Gasteiger partial charge in [0.1, 0.15) is 5.82 Å². The lowest BCUT2D eigenvalue weighted by molar-refractivity contribution is 0.646. The molecular formula is C15H21N3. The fourth-order valence-corrected chi connectivity index (χ4v) is 2.23. The highest BCUT2D eigenvalue weighted by Crippen LogP contribution is 2.16. The molecule has 3 heteroatoms. The Bertz CT molecular complexity index is 506. The highest BCUT2D eigenvalue weighted by Gasteiger charge is 2.08. The van der Waals surface area contributed by atoms with Crippen molar-refractivity contribution in [3.63, 3.8) is 0 Å². The van der Waals surface area contributed by atoms with Gasteiger partial charge in [0, 0.05) is 31.4 Å². The molecule has 0 radical (unpaired) electrons. The zero-order valence-electron chi connectivity index (χ0n) is 11.4. The summed E-state index contributed by atoms with van der Waals surface area (Å²) < 4.78 is 2.19. The van der Waals surface area contributed by atoms with Gasteiger partial charge in [-0.2, -0.15) is 0 Å².